The van der Waals surface area contributed by atoms with Gasteiger partial charge in [0.15, 0.2) is 0 Å². The molecule has 0 radical (unpaired) electrons. The number of anilines is 1. The molecule has 1 heterocycles. The molecular formula is C21H18N4O2S. The maximum Gasteiger partial charge on any atom is 0.238 e. The number of nitrogen functional groups attached to an aromatic ring is 1. The third-order valence-corrected chi connectivity index (χ3v) is 5.32. The average molecular weight is 390 g/mol. The van der Waals surface area contributed by atoms with Crippen LogP contribution in [0.1, 0.15) is 0 Å². The normalized spacial score (nSPS) is 11.5. The van der Waals surface area contributed by atoms with Crippen molar-refractivity contribution in [2.24, 2.45) is 5.14 Å². The molecule has 0 saturated heterocycles. The number of hydrogen-bond donors (Lipinski definition) is 2. The van der Waals surface area contributed by atoms with Gasteiger partial charge in [-0.05, 0) is 42.5 Å². The fraction of sp³-hybridized carbons (Fsp3) is 0. The lowest BCUT2D eigenvalue weighted by Gasteiger charge is -2.08. The van der Waals surface area contributed by atoms with Crippen molar-refractivity contribution in [1.29, 1.82) is 0 Å². The molecular weight excluding hydrogens is 372 g/mol. The summed E-state index contributed by atoms with van der Waals surface area (Å²) in [7, 11) is -3.75. The standard InChI is InChI=1S/C21H18N4O2S/c22-17-8-6-15(7-9-17)20-14-21(16-4-2-1-3-5-16)25(24-20)18-10-12-19(13-11-18)28(23,26)27/h1-14H,22H2,(H2,23,26,27). The summed E-state index contributed by atoms with van der Waals surface area (Å²) in [6, 6.07) is 25.7. The number of rotatable bonds is 4. The van der Waals surface area contributed by atoms with E-state index in [4.69, 9.17) is 16.0 Å². The Balaban J connectivity index is 1.86. The quantitative estimate of drug-likeness (QED) is 0.521. The van der Waals surface area contributed by atoms with Crippen molar-refractivity contribution in [2.45, 2.75) is 4.90 Å². The van der Waals surface area contributed by atoms with Gasteiger partial charge in [0.05, 0.1) is 22.0 Å². The summed E-state index contributed by atoms with van der Waals surface area (Å²) >= 11 is 0. The highest BCUT2D eigenvalue weighted by molar-refractivity contribution is 7.89. The van der Waals surface area contributed by atoms with Crippen LogP contribution in [0.4, 0.5) is 5.69 Å². The van der Waals surface area contributed by atoms with Crippen molar-refractivity contribution in [1.82, 2.24) is 9.78 Å². The van der Waals surface area contributed by atoms with Crippen molar-refractivity contribution in [3.05, 3.63) is 84.9 Å². The first-order chi connectivity index (χ1) is 13.4. The van der Waals surface area contributed by atoms with Crippen molar-refractivity contribution in [3.63, 3.8) is 0 Å². The van der Waals surface area contributed by atoms with Crippen LogP contribution in [-0.2, 0) is 10.0 Å². The predicted molar refractivity (Wildman–Crippen MR) is 110 cm³/mol. The number of benzene rings is 3. The molecule has 7 heteroatoms. The first kappa shape index (κ1) is 18.0. The second-order valence-electron chi connectivity index (χ2n) is 6.35. The average Bonchev–Trinajstić information content (AvgIpc) is 3.14. The van der Waals surface area contributed by atoms with E-state index in [1.165, 1.54) is 12.1 Å². The van der Waals surface area contributed by atoms with Gasteiger partial charge in [-0.15, -0.1) is 0 Å². The Morgan fingerprint density at radius 3 is 2.04 bits per heavy atom. The molecule has 0 bridgehead atoms. The van der Waals surface area contributed by atoms with Gasteiger partial charge in [-0.3, -0.25) is 0 Å². The molecule has 0 atom stereocenters. The van der Waals surface area contributed by atoms with E-state index < -0.39 is 10.0 Å². The molecule has 0 aliphatic rings. The van der Waals surface area contributed by atoms with Crippen molar-refractivity contribution in [3.8, 4) is 28.2 Å². The summed E-state index contributed by atoms with van der Waals surface area (Å²) in [6.07, 6.45) is 0. The van der Waals surface area contributed by atoms with Gasteiger partial charge in [-0.2, -0.15) is 5.10 Å². The highest BCUT2D eigenvalue weighted by Gasteiger charge is 2.14. The Morgan fingerprint density at radius 1 is 0.786 bits per heavy atom. The zero-order valence-electron chi connectivity index (χ0n) is 14.9. The zero-order chi connectivity index (χ0) is 19.7. The summed E-state index contributed by atoms with van der Waals surface area (Å²) in [5.74, 6) is 0. The third kappa shape index (κ3) is 3.53. The molecule has 0 fully saturated rings. The monoisotopic (exact) mass is 390 g/mol. The maximum absolute atomic E-state index is 11.5. The van der Waals surface area contributed by atoms with E-state index in [-0.39, 0.29) is 4.90 Å². The van der Waals surface area contributed by atoms with E-state index in [0.29, 0.717) is 5.69 Å². The number of aromatic nitrogens is 2. The second-order valence-corrected chi connectivity index (χ2v) is 7.91. The number of primary sulfonamides is 1. The lowest BCUT2D eigenvalue weighted by molar-refractivity contribution is 0.598. The molecule has 4 N–H and O–H groups in total. The topological polar surface area (TPSA) is 104 Å². The number of hydrogen-bond acceptors (Lipinski definition) is 4. The summed E-state index contributed by atoms with van der Waals surface area (Å²) in [6.45, 7) is 0. The highest BCUT2D eigenvalue weighted by Crippen LogP contribution is 2.29. The van der Waals surface area contributed by atoms with Crippen LogP contribution >= 0.6 is 0 Å². The molecule has 0 saturated carbocycles. The van der Waals surface area contributed by atoms with Gasteiger partial charge in [0, 0.05) is 16.8 Å². The van der Waals surface area contributed by atoms with Crippen LogP contribution in [0.15, 0.2) is 89.8 Å². The van der Waals surface area contributed by atoms with Gasteiger partial charge in [0.1, 0.15) is 0 Å². The SMILES string of the molecule is Nc1ccc(-c2cc(-c3ccccc3)n(-c3ccc(S(N)(=O)=O)cc3)n2)cc1. The van der Waals surface area contributed by atoms with E-state index in [9.17, 15) is 8.42 Å². The van der Waals surface area contributed by atoms with Crippen molar-refractivity contribution < 1.29 is 8.42 Å². The molecule has 28 heavy (non-hydrogen) atoms. The molecule has 4 rings (SSSR count). The van der Waals surface area contributed by atoms with Gasteiger partial charge < -0.3 is 5.73 Å². The van der Waals surface area contributed by atoms with E-state index in [2.05, 4.69) is 0 Å². The largest absolute Gasteiger partial charge is 0.399 e. The number of nitrogens with two attached hydrogens (primary N) is 2. The lowest BCUT2D eigenvalue weighted by Crippen LogP contribution is -2.12. The first-order valence-electron chi connectivity index (χ1n) is 8.56. The van der Waals surface area contributed by atoms with Gasteiger partial charge in [-0.25, -0.2) is 18.2 Å². The van der Waals surface area contributed by atoms with Crippen molar-refractivity contribution >= 4 is 15.7 Å². The van der Waals surface area contributed by atoms with Gasteiger partial charge in [0.2, 0.25) is 10.0 Å². The molecule has 0 aliphatic heterocycles. The summed E-state index contributed by atoms with van der Waals surface area (Å²) in [4.78, 5) is 0.0587. The van der Waals surface area contributed by atoms with Crippen LogP contribution in [0.2, 0.25) is 0 Å². The Labute approximate surface area is 163 Å². The maximum atomic E-state index is 11.5. The fourth-order valence-electron chi connectivity index (χ4n) is 2.96. The Kier molecular flexibility index (Phi) is 4.46. The Morgan fingerprint density at radius 2 is 1.43 bits per heavy atom. The molecule has 0 aliphatic carbocycles. The van der Waals surface area contributed by atoms with Gasteiger partial charge in [0.25, 0.3) is 0 Å². The van der Waals surface area contributed by atoms with E-state index >= 15 is 0 Å². The molecule has 140 valence electrons. The fourth-order valence-corrected chi connectivity index (χ4v) is 3.48. The molecule has 4 aromatic rings. The van der Waals surface area contributed by atoms with E-state index in [1.807, 2.05) is 60.7 Å². The van der Waals surface area contributed by atoms with Crippen LogP contribution < -0.4 is 10.9 Å². The smallest absolute Gasteiger partial charge is 0.238 e. The van der Waals surface area contributed by atoms with Crippen LogP contribution in [0.25, 0.3) is 28.2 Å². The second kappa shape index (κ2) is 6.95. The van der Waals surface area contributed by atoms with Crippen molar-refractivity contribution in [2.75, 3.05) is 5.73 Å². The summed E-state index contributed by atoms with van der Waals surface area (Å²) < 4.78 is 24.8. The third-order valence-electron chi connectivity index (χ3n) is 4.40. The minimum Gasteiger partial charge on any atom is -0.399 e. The van der Waals surface area contributed by atoms with E-state index in [1.54, 1.807) is 16.8 Å². The number of nitrogens with zero attached hydrogens (tertiary/aromatic N) is 2. The van der Waals surface area contributed by atoms with Crippen LogP contribution in [0.3, 0.4) is 0 Å². The van der Waals surface area contributed by atoms with Crippen LogP contribution in [0, 0.1) is 0 Å². The summed E-state index contributed by atoms with van der Waals surface area (Å²) in [5, 5.41) is 9.94. The lowest BCUT2D eigenvalue weighted by atomic mass is 10.1. The predicted octanol–water partition coefficient (Wildman–Crippen LogP) is 3.44. The summed E-state index contributed by atoms with van der Waals surface area (Å²) in [5.41, 5.74) is 10.8. The molecule has 1 aromatic heterocycles. The Bertz CT molecular complexity index is 1210. The molecule has 0 spiro atoms. The molecule has 0 amide bonds. The molecule has 0 unspecified atom stereocenters. The first-order valence-corrected chi connectivity index (χ1v) is 10.1. The van der Waals surface area contributed by atoms with Gasteiger partial charge >= 0.3 is 0 Å². The molecule has 3 aromatic carbocycles. The molecule has 6 nitrogen and oxygen atoms in total. The number of sulfonamides is 1. The highest BCUT2D eigenvalue weighted by atomic mass is 32.2. The van der Waals surface area contributed by atoms with Crippen LogP contribution in [0.5, 0.6) is 0 Å². The van der Waals surface area contributed by atoms with Crippen LogP contribution in [-0.4, -0.2) is 18.2 Å². The minimum atomic E-state index is -3.75. The van der Waals surface area contributed by atoms with Gasteiger partial charge in [-0.1, -0.05) is 42.5 Å². The minimum absolute atomic E-state index is 0.0587. The Hall–Kier alpha value is -3.42. The van der Waals surface area contributed by atoms with E-state index in [0.717, 1.165) is 28.2 Å². The zero-order valence-corrected chi connectivity index (χ0v) is 15.7.